The molecule has 0 radical (unpaired) electrons. The van der Waals surface area contributed by atoms with Crippen LogP contribution in [-0.4, -0.2) is 61.2 Å². The summed E-state index contributed by atoms with van der Waals surface area (Å²) in [5.41, 5.74) is -0.405. The summed E-state index contributed by atoms with van der Waals surface area (Å²) in [6, 6.07) is 3.18. The van der Waals surface area contributed by atoms with E-state index in [-0.39, 0.29) is 0 Å². The Morgan fingerprint density at radius 1 is 1.16 bits per heavy atom. The lowest BCUT2D eigenvalue weighted by atomic mass is 9.97. The molecule has 108 valence electrons. The quantitative estimate of drug-likeness (QED) is 0.834. The van der Waals surface area contributed by atoms with Gasteiger partial charge in [0, 0.05) is 12.6 Å². The second-order valence-corrected chi connectivity index (χ2v) is 6.30. The van der Waals surface area contributed by atoms with Crippen molar-refractivity contribution in [1.29, 1.82) is 5.26 Å². The van der Waals surface area contributed by atoms with Gasteiger partial charge in [0.05, 0.1) is 6.07 Å². The normalized spacial score (nSPS) is 26.8. The second kappa shape index (κ2) is 6.69. The van der Waals surface area contributed by atoms with Gasteiger partial charge in [0.2, 0.25) is 0 Å². The van der Waals surface area contributed by atoms with E-state index >= 15 is 0 Å². The van der Waals surface area contributed by atoms with Crippen molar-refractivity contribution in [2.45, 2.75) is 50.6 Å². The molecule has 0 aromatic rings. The van der Waals surface area contributed by atoms with Gasteiger partial charge < -0.3 is 15.1 Å². The molecule has 0 saturated carbocycles. The molecule has 1 unspecified atom stereocenters. The maximum atomic E-state index is 9.22. The number of likely N-dealkylation sites (tertiary alicyclic amines) is 2. The van der Waals surface area contributed by atoms with Gasteiger partial charge in [-0.25, -0.2) is 0 Å². The van der Waals surface area contributed by atoms with Crippen molar-refractivity contribution >= 4 is 0 Å². The van der Waals surface area contributed by atoms with Gasteiger partial charge in [-0.3, -0.25) is 0 Å². The Hall–Kier alpha value is -0.630. The summed E-state index contributed by atoms with van der Waals surface area (Å²) in [6.07, 6.45) is 6.72. The summed E-state index contributed by atoms with van der Waals surface area (Å²) in [7, 11) is 1.88. The Kier molecular flexibility index (Phi) is 5.20. The summed E-state index contributed by atoms with van der Waals surface area (Å²) in [5.74, 6) is 0. The van der Waals surface area contributed by atoms with Crippen LogP contribution in [0.4, 0.5) is 0 Å². The Balaban J connectivity index is 1.77. The molecule has 2 heterocycles. The van der Waals surface area contributed by atoms with Gasteiger partial charge in [0.1, 0.15) is 5.54 Å². The summed E-state index contributed by atoms with van der Waals surface area (Å²) < 4.78 is 0. The van der Waals surface area contributed by atoms with E-state index in [9.17, 15) is 5.26 Å². The molecule has 2 aliphatic rings. The molecule has 2 fully saturated rings. The van der Waals surface area contributed by atoms with Crippen molar-refractivity contribution in [3.8, 4) is 6.07 Å². The maximum absolute atomic E-state index is 9.22. The van der Waals surface area contributed by atoms with Gasteiger partial charge in [0.15, 0.2) is 0 Å². The Labute approximate surface area is 117 Å². The average molecular weight is 264 g/mol. The highest BCUT2D eigenvalue weighted by molar-refractivity contribution is 5.05. The van der Waals surface area contributed by atoms with Crippen LogP contribution in [0.25, 0.3) is 0 Å². The first kappa shape index (κ1) is 14.8. The van der Waals surface area contributed by atoms with Crippen molar-refractivity contribution in [2.75, 3.05) is 39.8 Å². The minimum absolute atomic E-state index is 0.405. The highest BCUT2D eigenvalue weighted by atomic mass is 15.2. The van der Waals surface area contributed by atoms with Crippen LogP contribution in [0.2, 0.25) is 0 Å². The Morgan fingerprint density at radius 3 is 2.32 bits per heavy atom. The molecular formula is C15H28N4. The number of piperidine rings is 2. The van der Waals surface area contributed by atoms with Gasteiger partial charge >= 0.3 is 0 Å². The zero-order chi connectivity index (χ0) is 13.7. The molecule has 2 rings (SSSR count). The predicted octanol–water partition coefficient (Wildman–Crippen LogP) is 1.44. The van der Waals surface area contributed by atoms with Crippen molar-refractivity contribution in [3.63, 3.8) is 0 Å². The van der Waals surface area contributed by atoms with Gasteiger partial charge in [-0.05, 0) is 65.8 Å². The monoisotopic (exact) mass is 264 g/mol. The molecule has 0 amide bonds. The van der Waals surface area contributed by atoms with Crippen molar-refractivity contribution < 1.29 is 0 Å². The molecule has 0 aliphatic carbocycles. The zero-order valence-corrected chi connectivity index (χ0v) is 12.5. The molecule has 2 saturated heterocycles. The first-order valence-electron chi connectivity index (χ1n) is 7.73. The maximum Gasteiger partial charge on any atom is 0.116 e. The second-order valence-electron chi connectivity index (χ2n) is 6.30. The molecule has 1 atom stereocenters. The smallest absolute Gasteiger partial charge is 0.116 e. The lowest BCUT2D eigenvalue weighted by Crippen LogP contribution is -2.53. The lowest BCUT2D eigenvalue weighted by Gasteiger charge is -2.41. The third-order valence-corrected chi connectivity index (χ3v) is 4.80. The fourth-order valence-corrected chi connectivity index (χ4v) is 3.34. The van der Waals surface area contributed by atoms with Gasteiger partial charge in [-0.2, -0.15) is 5.26 Å². The fourth-order valence-electron chi connectivity index (χ4n) is 3.34. The van der Waals surface area contributed by atoms with Gasteiger partial charge in [-0.1, -0.05) is 6.42 Å². The van der Waals surface area contributed by atoms with E-state index in [2.05, 4.69) is 21.2 Å². The number of nitriles is 1. The average Bonchev–Trinajstić information content (AvgIpc) is 2.49. The molecule has 4 nitrogen and oxygen atoms in total. The van der Waals surface area contributed by atoms with E-state index in [4.69, 9.17) is 0 Å². The fraction of sp³-hybridized carbons (Fsp3) is 0.933. The van der Waals surface area contributed by atoms with E-state index in [1.165, 1.54) is 45.2 Å². The van der Waals surface area contributed by atoms with E-state index < -0.39 is 5.54 Å². The summed E-state index contributed by atoms with van der Waals surface area (Å²) in [4.78, 5) is 5.14. The molecule has 1 N–H and O–H groups in total. The van der Waals surface area contributed by atoms with Crippen LogP contribution in [0, 0.1) is 11.3 Å². The Morgan fingerprint density at radius 2 is 1.79 bits per heavy atom. The van der Waals surface area contributed by atoms with Crippen LogP contribution in [-0.2, 0) is 0 Å². The zero-order valence-electron chi connectivity index (χ0n) is 12.5. The van der Waals surface area contributed by atoms with Crippen LogP contribution in [0.3, 0.4) is 0 Å². The van der Waals surface area contributed by atoms with E-state index in [1.807, 2.05) is 14.0 Å². The van der Waals surface area contributed by atoms with Crippen LogP contribution in [0.5, 0.6) is 0 Å². The number of likely N-dealkylation sites (N-methyl/N-ethyl adjacent to an activating group) is 1. The number of nitrogens with zero attached hydrogens (tertiary/aromatic N) is 3. The minimum Gasteiger partial charge on any atom is -0.302 e. The van der Waals surface area contributed by atoms with E-state index in [1.54, 1.807) is 0 Å². The topological polar surface area (TPSA) is 42.3 Å². The largest absolute Gasteiger partial charge is 0.302 e. The SMILES string of the molecule is CNC(C)(C#N)CN1CCC(N2CCCCC2)CC1. The van der Waals surface area contributed by atoms with Crippen LogP contribution >= 0.6 is 0 Å². The Bertz CT molecular complexity index is 311. The first-order valence-corrected chi connectivity index (χ1v) is 7.73. The van der Waals surface area contributed by atoms with Crippen LogP contribution in [0.1, 0.15) is 39.0 Å². The minimum atomic E-state index is -0.405. The van der Waals surface area contributed by atoms with Gasteiger partial charge in [0.25, 0.3) is 0 Å². The first-order chi connectivity index (χ1) is 9.17. The highest BCUT2D eigenvalue weighted by Crippen LogP contribution is 2.21. The molecule has 0 bridgehead atoms. The predicted molar refractivity (Wildman–Crippen MR) is 78.0 cm³/mol. The highest BCUT2D eigenvalue weighted by Gasteiger charge is 2.30. The molecular weight excluding hydrogens is 236 g/mol. The van der Waals surface area contributed by atoms with Crippen molar-refractivity contribution in [1.82, 2.24) is 15.1 Å². The number of nitrogens with one attached hydrogen (secondary N) is 1. The van der Waals surface area contributed by atoms with Crippen LogP contribution < -0.4 is 5.32 Å². The third kappa shape index (κ3) is 3.92. The number of hydrogen-bond acceptors (Lipinski definition) is 4. The standard InChI is InChI=1S/C15H28N4/c1-15(12-16,17-2)13-18-10-6-14(7-11-18)19-8-4-3-5-9-19/h14,17H,3-11,13H2,1-2H3. The molecule has 0 aromatic heterocycles. The van der Waals surface area contributed by atoms with E-state index in [0.29, 0.717) is 0 Å². The van der Waals surface area contributed by atoms with Crippen LogP contribution in [0.15, 0.2) is 0 Å². The summed E-state index contributed by atoms with van der Waals surface area (Å²) in [5, 5.41) is 12.4. The molecule has 0 aromatic carbocycles. The molecule has 4 heteroatoms. The number of rotatable bonds is 4. The summed E-state index contributed by atoms with van der Waals surface area (Å²) >= 11 is 0. The lowest BCUT2D eigenvalue weighted by molar-refractivity contribution is 0.0850. The van der Waals surface area contributed by atoms with Crippen molar-refractivity contribution in [3.05, 3.63) is 0 Å². The molecule has 2 aliphatic heterocycles. The van der Waals surface area contributed by atoms with Gasteiger partial charge in [-0.15, -0.1) is 0 Å². The van der Waals surface area contributed by atoms with E-state index in [0.717, 1.165) is 25.7 Å². The van der Waals surface area contributed by atoms with Crippen molar-refractivity contribution in [2.24, 2.45) is 0 Å². The molecule has 0 spiro atoms. The third-order valence-electron chi connectivity index (χ3n) is 4.80. The number of hydrogen-bond donors (Lipinski definition) is 1. The summed E-state index contributed by atoms with van der Waals surface area (Å²) in [6.45, 7) is 7.71. The molecule has 19 heavy (non-hydrogen) atoms.